The quantitative estimate of drug-likeness (QED) is 0.510. The van der Waals surface area contributed by atoms with E-state index in [1.807, 2.05) is 24.3 Å². The van der Waals surface area contributed by atoms with Gasteiger partial charge in [-0.05, 0) is 12.1 Å². The van der Waals surface area contributed by atoms with Gasteiger partial charge in [-0.2, -0.15) is 0 Å². The Labute approximate surface area is 154 Å². The standard InChI is InChI=1S/C19H16N4O4/c20-18(24)16(10-13-6-2-4-8-17(13)23(26)27)22-19(25)14-9-12-5-1-3-7-15(12)21-11-14/h1-9,11,16H,10H2,(H2,20,24)(H,22,25)/t16-/m1/s1. The Kier molecular flexibility index (Phi) is 5.07. The Hall–Kier alpha value is -3.81. The van der Waals surface area contributed by atoms with Gasteiger partial charge in [0.1, 0.15) is 6.04 Å². The molecule has 0 aliphatic carbocycles. The van der Waals surface area contributed by atoms with Gasteiger partial charge in [-0.3, -0.25) is 24.7 Å². The fourth-order valence-electron chi connectivity index (χ4n) is 2.74. The van der Waals surface area contributed by atoms with Crippen LogP contribution in [0.25, 0.3) is 10.9 Å². The average molecular weight is 364 g/mol. The lowest BCUT2D eigenvalue weighted by atomic mass is 10.0. The molecule has 136 valence electrons. The number of nitrogens with one attached hydrogen (secondary N) is 1. The van der Waals surface area contributed by atoms with Gasteiger partial charge in [-0.25, -0.2) is 0 Å². The van der Waals surface area contributed by atoms with Crippen LogP contribution in [0.3, 0.4) is 0 Å². The van der Waals surface area contributed by atoms with Crippen LogP contribution in [0.15, 0.2) is 60.8 Å². The second kappa shape index (κ2) is 7.61. The molecule has 2 aromatic carbocycles. The van der Waals surface area contributed by atoms with Gasteiger partial charge >= 0.3 is 0 Å². The van der Waals surface area contributed by atoms with E-state index in [1.165, 1.54) is 24.4 Å². The summed E-state index contributed by atoms with van der Waals surface area (Å²) >= 11 is 0. The van der Waals surface area contributed by atoms with E-state index in [0.29, 0.717) is 5.56 Å². The van der Waals surface area contributed by atoms with Crippen molar-refractivity contribution >= 4 is 28.4 Å². The average Bonchev–Trinajstić information content (AvgIpc) is 2.67. The first-order valence-electron chi connectivity index (χ1n) is 8.13. The summed E-state index contributed by atoms with van der Waals surface area (Å²) in [5.74, 6) is -1.31. The topological polar surface area (TPSA) is 128 Å². The maximum absolute atomic E-state index is 12.5. The van der Waals surface area contributed by atoms with E-state index in [-0.39, 0.29) is 17.7 Å². The van der Waals surface area contributed by atoms with Gasteiger partial charge in [0.25, 0.3) is 11.6 Å². The van der Waals surface area contributed by atoms with Crippen molar-refractivity contribution in [1.82, 2.24) is 10.3 Å². The second-order valence-corrected chi connectivity index (χ2v) is 5.94. The van der Waals surface area contributed by atoms with Gasteiger partial charge in [0.05, 0.1) is 16.0 Å². The van der Waals surface area contributed by atoms with Gasteiger partial charge in [0, 0.05) is 29.6 Å². The molecule has 0 fully saturated rings. The van der Waals surface area contributed by atoms with Crippen molar-refractivity contribution in [2.75, 3.05) is 0 Å². The molecule has 1 heterocycles. The molecule has 0 unspecified atom stereocenters. The summed E-state index contributed by atoms with van der Waals surface area (Å²) in [7, 11) is 0. The number of pyridine rings is 1. The van der Waals surface area contributed by atoms with Crippen molar-refractivity contribution in [2.45, 2.75) is 12.5 Å². The summed E-state index contributed by atoms with van der Waals surface area (Å²) in [5, 5.41) is 14.4. The summed E-state index contributed by atoms with van der Waals surface area (Å²) in [6, 6.07) is 13.9. The minimum atomic E-state index is -1.09. The smallest absolute Gasteiger partial charge is 0.272 e. The zero-order valence-electron chi connectivity index (χ0n) is 14.2. The molecule has 8 heteroatoms. The molecule has 0 radical (unpaired) electrons. The number of aromatic nitrogens is 1. The highest BCUT2D eigenvalue weighted by atomic mass is 16.6. The molecular weight excluding hydrogens is 348 g/mol. The molecule has 27 heavy (non-hydrogen) atoms. The van der Waals surface area contributed by atoms with Crippen molar-refractivity contribution in [1.29, 1.82) is 0 Å². The van der Waals surface area contributed by atoms with Crippen molar-refractivity contribution in [3.05, 3.63) is 82.0 Å². The lowest BCUT2D eigenvalue weighted by Gasteiger charge is -2.16. The molecule has 0 saturated carbocycles. The predicted molar refractivity (Wildman–Crippen MR) is 99.0 cm³/mol. The molecule has 8 nitrogen and oxygen atoms in total. The van der Waals surface area contributed by atoms with E-state index in [9.17, 15) is 19.7 Å². The number of nitro groups is 1. The molecular formula is C19H16N4O4. The SMILES string of the molecule is NC(=O)[C@@H](Cc1ccccc1[N+](=O)[O-])NC(=O)c1cnc2ccccc2c1. The Morgan fingerprint density at radius 3 is 2.59 bits per heavy atom. The maximum Gasteiger partial charge on any atom is 0.272 e. The number of hydrogen-bond acceptors (Lipinski definition) is 5. The van der Waals surface area contributed by atoms with E-state index in [1.54, 1.807) is 12.1 Å². The molecule has 3 rings (SSSR count). The molecule has 0 bridgehead atoms. The van der Waals surface area contributed by atoms with Crippen LogP contribution < -0.4 is 11.1 Å². The van der Waals surface area contributed by atoms with Crippen LogP contribution in [-0.2, 0) is 11.2 Å². The molecule has 1 aromatic heterocycles. The van der Waals surface area contributed by atoms with Crippen molar-refractivity contribution in [3.63, 3.8) is 0 Å². The Balaban J connectivity index is 1.82. The van der Waals surface area contributed by atoms with Crippen LogP contribution in [-0.4, -0.2) is 27.8 Å². The molecule has 2 amide bonds. The van der Waals surface area contributed by atoms with Crippen LogP contribution in [0.2, 0.25) is 0 Å². The molecule has 0 aliphatic rings. The monoisotopic (exact) mass is 364 g/mol. The van der Waals surface area contributed by atoms with Crippen LogP contribution in [0, 0.1) is 10.1 Å². The number of para-hydroxylation sites is 2. The molecule has 0 saturated heterocycles. The number of carbonyl (C=O) groups is 2. The van der Waals surface area contributed by atoms with E-state index in [0.717, 1.165) is 10.9 Å². The summed E-state index contributed by atoms with van der Waals surface area (Å²) < 4.78 is 0. The molecule has 3 aromatic rings. The third-order valence-electron chi connectivity index (χ3n) is 4.11. The molecule has 3 N–H and O–H groups in total. The van der Waals surface area contributed by atoms with E-state index < -0.39 is 22.8 Å². The summed E-state index contributed by atoms with van der Waals surface area (Å²) in [6.45, 7) is 0. The summed E-state index contributed by atoms with van der Waals surface area (Å²) in [5.41, 5.74) is 6.57. The largest absolute Gasteiger partial charge is 0.368 e. The number of rotatable bonds is 6. The Bertz CT molecular complexity index is 1030. The molecule has 0 aliphatic heterocycles. The number of amides is 2. The Morgan fingerprint density at radius 1 is 1.15 bits per heavy atom. The first kappa shape index (κ1) is 18.0. The summed E-state index contributed by atoms with van der Waals surface area (Å²) in [4.78, 5) is 39.1. The summed E-state index contributed by atoms with van der Waals surface area (Å²) in [6.07, 6.45) is 1.32. The predicted octanol–water partition coefficient (Wildman–Crippen LogP) is 1.97. The van der Waals surface area contributed by atoms with Gasteiger partial charge < -0.3 is 11.1 Å². The number of hydrogen-bond donors (Lipinski definition) is 2. The lowest BCUT2D eigenvalue weighted by molar-refractivity contribution is -0.385. The van der Waals surface area contributed by atoms with E-state index in [4.69, 9.17) is 5.73 Å². The zero-order chi connectivity index (χ0) is 19.4. The normalized spacial score (nSPS) is 11.7. The van der Waals surface area contributed by atoms with E-state index in [2.05, 4.69) is 10.3 Å². The number of fused-ring (bicyclic) bond motifs is 1. The van der Waals surface area contributed by atoms with Gasteiger partial charge in [-0.15, -0.1) is 0 Å². The van der Waals surface area contributed by atoms with Crippen LogP contribution in [0.1, 0.15) is 15.9 Å². The van der Waals surface area contributed by atoms with Gasteiger partial charge in [0.15, 0.2) is 0 Å². The minimum absolute atomic E-state index is 0.0841. The van der Waals surface area contributed by atoms with Crippen molar-refractivity contribution in [3.8, 4) is 0 Å². The zero-order valence-corrected chi connectivity index (χ0v) is 14.2. The van der Waals surface area contributed by atoms with Crippen molar-refractivity contribution < 1.29 is 14.5 Å². The number of carbonyl (C=O) groups excluding carboxylic acids is 2. The molecule has 1 atom stereocenters. The number of benzene rings is 2. The second-order valence-electron chi connectivity index (χ2n) is 5.94. The minimum Gasteiger partial charge on any atom is -0.368 e. The number of nitrogens with zero attached hydrogens (tertiary/aromatic N) is 2. The number of primary amides is 1. The van der Waals surface area contributed by atoms with Crippen LogP contribution in [0.5, 0.6) is 0 Å². The van der Waals surface area contributed by atoms with Gasteiger partial charge in [-0.1, -0.05) is 36.4 Å². The highest BCUT2D eigenvalue weighted by Gasteiger charge is 2.23. The third-order valence-corrected chi connectivity index (χ3v) is 4.11. The Morgan fingerprint density at radius 2 is 1.85 bits per heavy atom. The number of nitro benzene ring substituents is 1. The molecule has 0 spiro atoms. The lowest BCUT2D eigenvalue weighted by Crippen LogP contribution is -2.46. The highest BCUT2D eigenvalue weighted by Crippen LogP contribution is 2.19. The van der Waals surface area contributed by atoms with Gasteiger partial charge in [0.2, 0.25) is 5.91 Å². The van der Waals surface area contributed by atoms with Crippen molar-refractivity contribution in [2.24, 2.45) is 5.73 Å². The van der Waals surface area contributed by atoms with Crippen LogP contribution >= 0.6 is 0 Å². The number of nitrogens with two attached hydrogens (primary N) is 1. The fraction of sp³-hybridized carbons (Fsp3) is 0.105. The third kappa shape index (κ3) is 4.06. The maximum atomic E-state index is 12.5. The highest BCUT2D eigenvalue weighted by molar-refractivity contribution is 5.99. The van der Waals surface area contributed by atoms with Crippen LogP contribution in [0.4, 0.5) is 5.69 Å². The first-order chi connectivity index (χ1) is 13.0. The van der Waals surface area contributed by atoms with E-state index >= 15 is 0 Å². The first-order valence-corrected chi connectivity index (χ1v) is 8.13. The fourth-order valence-corrected chi connectivity index (χ4v) is 2.74.